The van der Waals surface area contributed by atoms with Crippen LogP contribution in [0, 0.1) is 18.7 Å². The third kappa shape index (κ3) is 15.0. The summed E-state index contributed by atoms with van der Waals surface area (Å²) < 4.78 is 19.4. The van der Waals surface area contributed by atoms with Crippen LogP contribution in [-0.2, 0) is 4.79 Å². The zero-order valence-corrected chi connectivity index (χ0v) is 36.4. The van der Waals surface area contributed by atoms with Crippen molar-refractivity contribution in [3.63, 3.8) is 0 Å². The van der Waals surface area contributed by atoms with E-state index in [-0.39, 0.29) is 23.5 Å². The molecule has 2 amide bonds. The summed E-state index contributed by atoms with van der Waals surface area (Å²) in [6.07, 6.45) is 3.49. The number of halogens is 3. The van der Waals surface area contributed by atoms with Gasteiger partial charge in [-0.15, -0.1) is 0 Å². The zero-order valence-electron chi connectivity index (χ0n) is 34.9. The Morgan fingerprint density at radius 2 is 1.48 bits per heavy atom. The van der Waals surface area contributed by atoms with E-state index < -0.39 is 0 Å². The molecule has 0 bridgehead atoms. The lowest BCUT2D eigenvalue weighted by Gasteiger charge is -2.36. The van der Waals surface area contributed by atoms with Gasteiger partial charge in [-0.05, 0) is 122 Å². The van der Waals surface area contributed by atoms with Crippen molar-refractivity contribution in [1.82, 2.24) is 10.2 Å². The minimum absolute atomic E-state index is 0.0177. The number of rotatable bonds is 13. The van der Waals surface area contributed by atoms with Crippen molar-refractivity contribution in [3.05, 3.63) is 129 Å². The SMILES string of the molecule is CCC(C)C(=Nc1cc(C(=O)N2CCN(c3ccc(F)cc3)CC2)ccc1C)c1cccc(Oc2cc(Cl)cc(Cl)c2)c1.CCC(N)=O.CCCN/C(N)=C(\C)CC. The Hall–Kier alpha value is -5.06. The summed E-state index contributed by atoms with van der Waals surface area (Å²) >= 11 is 12.3. The molecule has 5 N–H and O–H groups in total. The number of carbonyl (C=O) groups is 2. The average molecular weight is 834 g/mol. The van der Waals surface area contributed by atoms with E-state index in [0.29, 0.717) is 59.7 Å². The highest BCUT2D eigenvalue weighted by Crippen LogP contribution is 2.31. The second-order valence-electron chi connectivity index (χ2n) is 14.1. The van der Waals surface area contributed by atoms with Crippen LogP contribution in [-0.4, -0.2) is 55.1 Å². The average Bonchev–Trinajstić information content (AvgIpc) is 3.22. The fraction of sp³-hybridized carbons (Fsp3) is 0.370. The van der Waals surface area contributed by atoms with Crippen molar-refractivity contribution in [2.45, 2.75) is 74.1 Å². The van der Waals surface area contributed by atoms with Crippen LogP contribution in [0.3, 0.4) is 0 Å². The third-order valence-corrected chi connectivity index (χ3v) is 10.1. The topological polar surface area (TPSA) is 126 Å². The second kappa shape index (κ2) is 24.0. The minimum Gasteiger partial charge on any atom is -0.457 e. The Labute approximate surface area is 354 Å². The Balaban J connectivity index is 0.000000509. The molecular formula is C46H59Cl2FN6O3. The predicted octanol–water partition coefficient (Wildman–Crippen LogP) is 10.8. The molecule has 9 nitrogen and oxygen atoms in total. The van der Waals surface area contributed by atoms with Crippen molar-refractivity contribution in [1.29, 1.82) is 0 Å². The number of hydrogen-bond acceptors (Lipinski definition) is 7. The Bertz CT molecular complexity index is 1990. The number of piperazine rings is 1. The standard InChI is InChI=1S/C35H34Cl2FN3O2.C8H18N2.C3H7NO/c1-4-23(2)34(25-6-5-7-31(18-25)43-32-21-27(36)20-28(37)22-32)39-33-19-26(9-8-24(33)3)35(42)41-16-14-40(15-17-41)30-12-10-29(38)11-13-30;1-4-6-10-8(9)7(3)5-2;1-2-3(4)5/h5-13,18-23H,4,14-17H2,1-3H3;10H,4-6,9H2,1-3H3;2H2,1H3,(H2,4,5)/b;8-7+;. The van der Waals surface area contributed by atoms with Crippen molar-refractivity contribution in [2.24, 2.45) is 22.4 Å². The summed E-state index contributed by atoms with van der Waals surface area (Å²) in [5, 5.41) is 4.14. The molecule has 58 heavy (non-hydrogen) atoms. The molecule has 312 valence electrons. The Morgan fingerprint density at radius 1 is 0.845 bits per heavy atom. The number of allylic oxidation sites excluding steroid dienone is 1. The number of nitrogens with one attached hydrogen (secondary N) is 1. The van der Waals surface area contributed by atoms with Crippen LogP contribution in [0.1, 0.15) is 88.7 Å². The van der Waals surface area contributed by atoms with Gasteiger partial charge in [-0.25, -0.2) is 4.39 Å². The van der Waals surface area contributed by atoms with Gasteiger partial charge in [0.1, 0.15) is 17.3 Å². The molecule has 5 rings (SSSR count). The molecule has 1 fully saturated rings. The molecule has 0 spiro atoms. The Morgan fingerprint density at radius 3 is 2.05 bits per heavy atom. The number of benzene rings is 4. The first-order chi connectivity index (χ1) is 27.7. The Kier molecular flexibility index (Phi) is 19.6. The highest BCUT2D eigenvalue weighted by atomic mass is 35.5. The number of anilines is 1. The summed E-state index contributed by atoms with van der Waals surface area (Å²) in [4.78, 5) is 32.3. The molecule has 4 aromatic carbocycles. The second-order valence-corrected chi connectivity index (χ2v) is 15.0. The smallest absolute Gasteiger partial charge is 0.254 e. The molecule has 0 aliphatic carbocycles. The maximum Gasteiger partial charge on any atom is 0.254 e. The quantitative estimate of drug-likeness (QED) is 0.115. The van der Waals surface area contributed by atoms with Crippen LogP contribution < -0.4 is 26.4 Å². The van der Waals surface area contributed by atoms with Crippen LogP contribution in [0.2, 0.25) is 10.0 Å². The lowest BCUT2D eigenvalue weighted by Crippen LogP contribution is -2.48. The first-order valence-corrected chi connectivity index (χ1v) is 20.7. The van der Waals surface area contributed by atoms with Crippen molar-refractivity contribution in [3.8, 4) is 11.5 Å². The van der Waals surface area contributed by atoms with Gasteiger partial charge >= 0.3 is 0 Å². The van der Waals surface area contributed by atoms with E-state index in [2.05, 4.69) is 50.6 Å². The van der Waals surface area contributed by atoms with Gasteiger partial charge in [0.25, 0.3) is 5.91 Å². The molecule has 1 aliphatic rings. The number of nitrogens with two attached hydrogens (primary N) is 2. The minimum atomic E-state index is -0.254. The molecule has 1 heterocycles. The fourth-order valence-corrected chi connectivity index (χ4v) is 6.20. The fourth-order valence-electron chi connectivity index (χ4n) is 5.69. The maximum atomic E-state index is 13.5. The third-order valence-electron chi connectivity index (χ3n) is 9.64. The highest BCUT2D eigenvalue weighted by molar-refractivity contribution is 6.34. The molecule has 1 unspecified atom stereocenters. The van der Waals surface area contributed by atoms with Gasteiger partial charge in [0.15, 0.2) is 0 Å². The molecule has 1 saturated heterocycles. The van der Waals surface area contributed by atoms with Crippen LogP contribution in [0.15, 0.2) is 101 Å². The first kappa shape index (κ1) is 47.3. The lowest BCUT2D eigenvalue weighted by molar-refractivity contribution is -0.117. The summed E-state index contributed by atoms with van der Waals surface area (Å²) in [6.45, 7) is 17.8. The van der Waals surface area contributed by atoms with E-state index in [0.717, 1.165) is 59.8 Å². The molecular weight excluding hydrogens is 774 g/mol. The number of primary amides is 1. The summed E-state index contributed by atoms with van der Waals surface area (Å²) in [7, 11) is 0. The monoisotopic (exact) mass is 832 g/mol. The van der Waals surface area contributed by atoms with Gasteiger partial charge in [-0.1, -0.05) is 76.0 Å². The van der Waals surface area contributed by atoms with Crippen LogP contribution in [0.4, 0.5) is 15.8 Å². The van der Waals surface area contributed by atoms with E-state index in [1.54, 1.807) is 37.3 Å². The number of carbonyl (C=O) groups excluding carboxylic acids is 2. The van der Waals surface area contributed by atoms with Crippen molar-refractivity contribution in [2.75, 3.05) is 37.6 Å². The summed E-state index contributed by atoms with van der Waals surface area (Å²) in [5.41, 5.74) is 16.8. The van der Waals surface area contributed by atoms with Crippen LogP contribution >= 0.6 is 23.2 Å². The summed E-state index contributed by atoms with van der Waals surface area (Å²) in [5.74, 6) is 1.69. The van der Waals surface area contributed by atoms with E-state index in [9.17, 15) is 14.0 Å². The van der Waals surface area contributed by atoms with Gasteiger partial charge in [-0.2, -0.15) is 0 Å². The first-order valence-electron chi connectivity index (χ1n) is 19.9. The van der Waals surface area contributed by atoms with Crippen LogP contribution in [0.5, 0.6) is 11.5 Å². The van der Waals surface area contributed by atoms with Crippen molar-refractivity contribution < 1.29 is 18.7 Å². The largest absolute Gasteiger partial charge is 0.457 e. The number of ether oxygens (including phenoxy) is 1. The zero-order chi connectivity index (χ0) is 42.8. The van der Waals surface area contributed by atoms with Crippen molar-refractivity contribution >= 4 is 52.1 Å². The van der Waals surface area contributed by atoms with Gasteiger partial charge < -0.3 is 31.3 Å². The molecule has 0 saturated carbocycles. The molecule has 1 atom stereocenters. The van der Waals surface area contributed by atoms with E-state index in [4.69, 9.17) is 38.7 Å². The predicted molar refractivity (Wildman–Crippen MR) is 239 cm³/mol. The highest BCUT2D eigenvalue weighted by Gasteiger charge is 2.23. The molecule has 4 aromatic rings. The summed E-state index contributed by atoms with van der Waals surface area (Å²) in [6, 6.07) is 25.1. The van der Waals surface area contributed by atoms with E-state index in [1.165, 1.54) is 17.7 Å². The number of amides is 2. The normalized spacial score (nSPS) is 13.6. The number of nitrogens with zero attached hydrogens (tertiary/aromatic N) is 3. The van der Waals surface area contributed by atoms with Gasteiger partial charge in [-0.3, -0.25) is 14.6 Å². The molecule has 0 aromatic heterocycles. The van der Waals surface area contributed by atoms with E-state index >= 15 is 0 Å². The molecule has 1 aliphatic heterocycles. The van der Waals surface area contributed by atoms with E-state index in [1.807, 2.05) is 54.3 Å². The lowest BCUT2D eigenvalue weighted by atomic mass is 9.95. The number of hydrogen-bond donors (Lipinski definition) is 3. The van der Waals surface area contributed by atoms with Gasteiger partial charge in [0.2, 0.25) is 5.91 Å². The van der Waals surface area contributed by atoms with Gasteiger partial charge in [0, 0.05) is 60.4 Å². The van der Waals surface area contributed by atoms with Gasteiger partial charge in [0.05, 0.1) is 17.2 Å². The maximum absolute atomic E-state index is 13.5. The molecule has 0 radical (unpaired) electrons. The number of aliphatic imine (C=N–C) groups is 1. The van der Waals surface area contributed by atoms with Crippen LogP contribution in [0.25, 0.3) is 0 Å². The number of aryl methyl sites for hydroxylation is 1. The molecule has 12 heteroatoms.